The van der Waals surface area contributed by atoms with Crippen molar-refractivity contribution in [2.24, 2.45) is 0 Å². The van der Waals surface area contributed by atoms with Crippen LogP contribution in [0.1, 0.15) is 41.6 Å². The van der Waals surface area contributed by atoms with Gasteiger partial charge in [-0.25, -0.2) is 4.79 Å². The molecule has 0 heterocycles. The summed E-state index contributed by atoms with van der Waals surface area (Å²) in [6, 6.07) is 15.7. The van der Waals surface area contributed by atoms with Gasteiger partial charge < -0.3 is 20.1 Å². The van der Waals surface area contributed by atoms with E-state index in [4.69, 9.17) is 9.84 Å². The number of benzene rings is 3. The monoisotopic (exact) mass is 380 g/mol. The van der Waals surface area contributed by atoms with Gasteiger partial charge in [-0.3, -0.25) is 0 Å². The summed E-state index contributed by atoms with van der Waals surface area (Å²) in [5.74, 6) is -0.439. The standard InChI is InChI=1S/C23H24O5/c24-21-14-18-7-6-16(13-19(18)15-22(21)25)5-3-1-2-4-12-28-20-10-8-17(9-11-20)23(26)27/h6-11,13-15,24-25H,1-5,12H2,(H,26,27). The number of aromatic hydroxyl groups is 2. The lowest BCUT2D eigenvalue weighted by Gasteiger charge is -2.07. The number of aryl methyl sites for hydroxylation is 1. The molecular weight excluding hydrogens is 356 g/mol. The number of carboxylic acid groups (broad SMARTS) is 1. The number of ether oxygens (including phenoxy) is 1. The minimum Gasteiger partial charge on any atom is -0.504 e. The molecule has 0 unspecified atom stereocenters. The fourth-order valence-electron chi connectivity index (χ4n) is 3.15. The molecule has 3 N–H and O–H groups in total. The zero-order chi connectivity index (χ0) is 19.9. The molecule has 0 radical (unpaired) electrons. The van der Waals surface area contributed by atoms with Gasteiger partial charge in [0.1, 0.15) is 5.75 Å². The number of carboxylic acids is 1. The molecule has 0 spiro atoms. The van der Waals surface area contributed by atoms with Crippen LogP contribution >= 0.6 is 0 Å². The van der Waals surface area contributed by atoms with Gasteiger partial charge in [-0.05, 0) is 72.0 Å². The maximum atomic E-state index is 10.8. The first-order valence-corrected chi connectivity index (χ1v) is 9.44. The molecule has 0 aliphatic heterocycles. The van der Waals surface area contributed by atoms with Gasteiger partial charge in [-0.15, -0.1) is 0 Å². The fourth-order valence-corrected chi connectivity index (χ4v) is 3.15. The highest BCUT2D eigenvalue weighted by Gasteiger charge is 2.04. The van der Waals surface area contributed by atoms with E-state index in [1.165, 1.54) is 5.56 Å². The Balaban J connectivity index is 1.36. The zero-order valence-electron chi connectivity index (χ0n) is 15.6. The Hall–Kier alpha value is -3.21. The lowest BCUT2D eigenvalue weighted by atomic mass is 10.0. The Morgan fingerprint density at radius 2 is 1.46 bits per heavy atom. The molecule has 0 saturated carbocycles. The molecular formula is C23H24O5. The van der Waals surface area contributed by atoms with Crippen LogP contribution in [-0.4, -0.2) is 27.9 Å². The van der Waals surface area contributed by atoms with E-state index in [1.54, 1.807) is 36.4 Å². The second-order valence-corrected chi connectivity index (χ2v) is 6.86. The van der Waals surface area contributed by atoms with Gasteiger partial charge in [-0.1, -0.05) is 31.0 Å². The smallest absolute Gasteiger partial charge is 0.335 e. The number of rotatable bonds is 9. The first-order valence-electron chi connectivity index (χ1n) is 9.44. The van der Waals surface area contributed by atoms with E-state index in [-0.39, 0.29) is 17.1 Å². The Morgan fingerprint density at radius 3 is 2.18 bits per heavy atom. The molecule has 0 bridgehead atoms. The third-order valence-corrected chi connectivity index (χ3v) is 4.73. The van der Waals surface area contributed by atoms with Crippen LogP contribution in [0.5, 0.6) is 17.2 Å². The first kappa shape index (κ1) is 19.5. The maximum absolute atomic E-state index is 10.8. The quantitative estimate of drug-likeness (QED) is 0.354. The van der Waals surface area contributed by atoms with Crippen LogP contribution in [0.2, 0.25) is 0 Å². The summed E-state index contributed by atoms with van der Waals surface area (Å²) in [6.07, 6.45) is 5.15. The molecule has 0 aliphatic rings. The predicted molar refractivity (Wildman–Crippen MR) is 108 cm³/mol. The normalized spacial score (nSPS) is 10.9. The van der Waals surface area contributed by atoms with Gasteiger partial charge in [0, 0.05) is 0 Å². The third-order valence-electron chi connectivity index (χ3n) is 4.73. The number of carbonyl (C=O) groups is 1. The van der Waals surface area contributed by atoms with Crippen LogP contribution < -0.4 is 4.74 Å². The lowest BCUT2D eigenvalue weighted by Crippen LogP contribution is -1.99. The molecule has 3 aromatic carbocycles. The number of phenolic OH excluding ortho intramolecular Hbond substituents is 2. The van der Waals surface area contributed by atoms with Gasteiger partial charge in [0.05, 0.1) is 12.2 Å². The van der Waals surface area contributed by atoms with Crippen molar-refractivity contribution in [2.75, 3.05) is 6.61 Å². The number of fused-ring (bicyclic) bond motifs is 1. The Labute approximate surface area is 163 Å². The van der Waals surface area contributed by atoms with Crippen molar-refractivity contribution in [3.8, 4) is 17.2 Å². The average molecular weight is 380 g/mol. The molecule has 5 nitrogen and oxygen atoms in total. The molecule has 0 aliphatic carbocycles. The third kappa shape index (κ3) is 5.16. The van der Waals surface area contributed by atoms with E-state index in [1.807, 2.05) is 6.07 Å². The average Bonchev–Trinajstić information content (AvgIpc) is 2.68. The molecule has 0 atom stereocenters. The van der Waals surface area contributed by atoms with E-state index >= 15 is 0 Å². The highest BCUT2D eigenvalue weighted by molar-refractivity contribution is 5.87. The Morgan fingerprint density at radius 1 is 0.786 bits per heavy atom. The van der Waals surface area contributed by atoms with E-state index < -0.39 is 5.97 Å². The minimum atomic E-state index is -0.937. The number of hydrogen-bond donors (Lipinski definition) is 3. The van der Waals surface area contributed by atoms with E-state index in [9.17, 15) is 15.0 Å². The van der Waals surface area contributed by atoms with E-state index in [2.05, 4.69) is 12.1 Å². The van der Waals surface area contributed by atoms with E-state index in [0.29, 0.717) is 12.4 Å². The zero-order valence-corrected chi connectivity index (χ0v) is 15.6. The highest BCUT2D eigenvalue weighted by atomic mass is 16.5. The molecule has 0 aromatic heterocycles. The second kappa shape index (κ2) is 9.13. The summed E-state index contributed by atoms with van der Waals surface area (Å²) in [5.41, 5.74) is 1.47. The van der Waals surface area contributed by atoms with Crippen LogP contribution in [0.4, 0.5) is 0 Å². The SMILES string of the molecule is O=C(O)c1ccc(OCCCCCCc2ccc3cc(O)c(O)cc3c2)cc1. The lowest BCUT2D eigenvalue weighted by molar-refractivity contribution is 0.0697. The van der Waals surface area contributed by atoms with Crippen molar-refractivity contribution in [3.05, 3.63) is 65.7 Å². The van der Waals surface area contributed by atoms with Gasteiger partial charge in [0.15, 0.2) is 11.5 Å². The van der Waals surface area contributed by atoms with Crippen molar-refractivity contribution in [3.63, 3.8) is 0 Å². The molecule has 146 valence electrons. The molecule has 3 aromatic rings. The van der Waals surface area contributed by atoms with Crippen LogP contribution in [-0.2, 0) is 6.42 Å². The van der Waals surface area contributed by atoms with Crippen molar-refractivity contribution in [2.45, 2.75) is 32.1 Å². The molecule has 0 saturated heterocycles. The maximum Gasteiger partial charge on any atom is 0.335 e. The number of phenols is 2. The van der Waals surface area contributed by atoms with Crippen molar-refractivity contribution in [1.82, 2.24) is 0 Å². The first-order chi connectivity index (χ1) is 13.5. The number of unbranched alkanes of at least 4 members (excludes halogenated alkanes) is 3. The van der Waals surface area contributed by atoms with Crippen LogP contribution in [0.15, 0.2) is 54.6 Å². The van der Waals surface area contributed by atoms with E-state index in [0.717, 1.165) is 42.9 Å². The summed E-state index contributed by atoms with van der Waals surface area (Å²) in [4.78, 5) is 10.8. The van der Waals surface area contributed by atoms with Gasteiger partial charge >= 0.3 is 5.97 Å². The minimum absolute atomic E-state index is 0.0951. The fraction of sp³-hybridized carbons (Fsp3) is 0.261. The molecule has 28 heavy (non-hydrogen) atoms. The van der Waals surface area contributed by atoms with Gasteiger partial charge in [0.25, 0.3) is 0 Å². The molecule has 0 fully saturated rings. The predicted octanol–water partition coefficient (Wildman–Crippen LogP) is 5.13. The summed E-state index contributed by atoms with van der Waals surface area (Å²) in [6.45, 7) is 0.616. The molecule has 3 rings (SSSR count). The topological polar surface area (TPSA) is 87.0 Å². The van der Waals surface area contributed by atoms with Crippen LogP contribution in [0, 0.1) is 0 Å². The summed E-state index contributed by atoms with van der Waals surface area (Å²) in [5, 5.41) is 29.9. The largest absolute Gasteiger partial charge is 0.504 e. The Kier molecular flexibility index (Phi) is 6.37. The number of aromatic carboxylic acids is 1. The van der Waals surface area contributed by atoms with Crippen LogP contribution in [0.3, 0.4) is 0 Å². The highest BCUT2D eigenvalue weighted by Crippen LogP contribution is 2.30. The Bertz CT molecular complexity index is 947. The van der Waals surface area contributed by atoms with Crippen molar-refractivity contribution in [1.29, 1.82) is 0 Å². The summed E-state index contributed by atoms with van der Waals surface area (Å²) in [7, 11) is 0. The van der Waals surface area contributed by atoms with Gasteiger partial charge in [-0.2, -0.15) is 0 Å². The number of hydrogen-bond acceptors (Lipinski definition) is 4. The molecule has 5 heteroatoms. The van der Waals surface area contributed by atoms with Crippen molar-refractivity contribution >= 4 is 16.7 Å². The van der Waals surface area contributed by atoms with Crippen molar-refractivity contribution < 1.29 is 24.9 Å². The van der Waals surface area contributed by atoms with Gasteiger partial charge in [0.2, 0.25) is 0 Å². The second-order valence-electron chi connectivity index (χ2n) is 6.86. The molecule has 0 amide bonds. The summed E-state index contributed by atoms with van der Waals surface area (Å²) < 4.78 is 5.64. The summed E-state index contributed by atoms with van der Waals surface area (Å²) >= 11 is 0. The van der Waals surface area contributed by atoms with Crippen LogP contribution in [0.25, 0.3) is 10.8 Å².